The molecule has 1 aromatic heterocycles. The van der Waals surface area contributed by atoms with Crippen molar-refractivity contribution in [1.82, 2.24) is 4.90 Å². The Balaban J connectivity index is 1.87. The number of thiophene rings is 1. The van der Waals surface area contributed by atoms with Gasteiger partial charge in [0.1, 0.15) is 5.92 Å². The third-order valence-electron chi connectivity index (χ3n) is 3.48. The summed E-state index contributed by atoms with van der Waals surface area (Å²) >= 11 is 3.24. The van der Waals surface area contributed by atoms with Crippen molar-refractivity contribution in [3.63, 3.8) is 0 Å². The molecule has 1 fully saturated rings. The standard InChI is InChI=1S/C14H19NO4S2/c1-2-15(12-7-19-6-11(12)14(17)18)13(16)9-20-8-10-4-3-5-21-10/h3-5,11-12H,2,6-9H2,1H3,(H,17,18). The van der Waals surface area contributed by atoms with Crippen molar-refractivity contribution in [3.8, 4) is 0 Å². The number of likely N-dealkylation sites (N-methyl/N-ethyl adjacent to an activating group) is 1. The smallest absolute Gasteiger partial charge is 0.311 e. The summed E-state index contributed by atoms with van der Waals surface area (Å²) in [5, 5.41) is 11.2. The minimum Gasteiger partial charge on any atom is -0.481 e. The lowest BCUT2D eigenvalue weighted by Crippen LogP contribution is -2.47. The average molecular weight is 329 g/mol. The summed E-state index contributed by atoms with van der Waals surface area (Å²) in [6.45, 7) is 2.88. The number of carbonyl (C=O) groups is 2. The van der Waals surface area contributed by atoms with E-state index in [1.54, 1.807) is 28.0 Å². The summed E-state index contributed by atoms with van der Waals surface area (Å²) in [5.41, 5.74) is 0. The fraction of sp³-hybridized carbons (Fsp3) is 0.571. The topological polar surface area (TPSA) is 66.8 Å². The van der Waals surface area contributed by atoms with E-state index in [1.807, 2.05) is 24.4 Å². The first kappa shape index (κ1) is 16.3. The van der Waals surface area contributed by atoms with Gasteiger partial charge in [0, 0.05) is 17.2 Å². The highest BCUT2D eigenvalue weighted by molar-refractivity contribution is 7.99. The number of carboxylic acid groups (broad SMARTS) is 1. The van der Waals surface area contributed by atoms with Gasteiger partial charge in [0.25, 0.3) is 0 Å². The number of carboxylic acids is 1. The van der Waals surface area contributed by atoms with Crippen molar-refractivity contribution in [3.05, 3.63) is 22.4 Å². The zero-order valence-corrected chi connectivity index (χ0v) is 13.5. The van der Waals surface area contributed by atoms with Crippen LogP contribution < -0.4 is 0 Å². The molecule has 2 unspecified atom stereocenters. The molecule has 21 heavy (non-hydrogen) atoms. The molecule has 0 aromatic carbocycles. The van der Waals surface area contributed by atoms with Crippen LogP contribution >= 0.6 is 23.1 Å². The third-order valence-corrected chi connectivity index (χ3v) is 5.50. The summed E-state index contributed by atoms with van der Waals surface area (Å²) in [6, 6.07) is 3.70. The van der Waals surface area contributed by atoms with E-state index in [0.717, 1.165) is 5.75 Å². The zero-order chi connectivity index (χ0) is 15.2. The second-order valence-corrected chi connectivity index (χ2v) is 6.82. The van der Waals surface area contributed by atoms with E-state index in [1.165, 1.54) is 4.88 Å². The normalized spacial score (nSPS) is 21.4. The van der Waals surface area contributed by atoms with E-state index in [0.29, 0.717) is 18.9 Å². The molecule has 0 radical (unpaired) electrons. The van der Waals surface area contributed by atoms with Crippen molar-refractivity contribution in [2.75, 3.05) is 25.5 Å². The highest BCUT2D eigenvalue weighted by Crippen LogP contribution is 2.22. The molecule has 1 aliphatic rings. The molecule has 1 N–H and O–H groups in total. The van der Waals surface area contributed by atoms with E-state index in [-0.39, 0.29) is 18.6 Å². The zero-order valence-electron chi connectivity index (χ0n) is 11.9. The average Bonchev–Trinajstić information content (AvgIpc) is 3.10. The van der Waals surface area contributed by atoms with Crippen LogP contribution in [-0.2, 0) is 20.1 Å². The molecule has 7 heteroatoms. The molecular weight excluding hydrogens is 310 g/mol. The number of hydrogen-bond donors (Lipinski definition) is 1. The number of rotatable bonds is 7. The van der Waals surface area contributed by atoms with Crippen LogP contribution in [0, 0.1) is 5.92 Å². The molecule has 1 aliphatic heterocycles. The van der Waals surface area contributed by atoms with Crippen molar-refractivity contribution >= 4 is 35.0 Å². The Kier molecular flexibility index (Phi) is 6.08. The van der Waals surface area contributed by atoms with Gasteiger partial charge in [-0.3, -0.25) is 9.59 Å². The molecule has 1 saturated heterocycles. The fourth-order valence-electron chi connectivity index (χ4n) is 2.40. The molecule has 116 valence electrons. The lowest BCUT2D eigenvalue weighted by Gasteiger charge is -2.29. The summed E-state index contributed by atoms with van der Waals surface area (Å²) in [4.78, 5) is 26.4. The van der Waals surface area contributed by atoms with Gasteiger partial charge >= 0.3 is 5.97 Å². The van der Waals surface area contributed by atoms with E-state index < -0.39 is 11.9 Å². The van der Waals surface area contributed by atoms with Crippen LogP contribution in [0.4, 0.5) is 0 Å². The first-order chi connectivity index (χ1) is 10.1. The number of ether oxygens (including phenoxy) is 1. The van der Waals surface area contributed by atoms with E-state index in [9.17, 15) is 14.7 Å². The van der Waals surface area contributed by atoms with Crippen molar-refractivity contribution in [1.29, 1.82) is 0 Å². The number of hydrogen-bond acceptors (Lipinski definition) is 5. The van der Waals surface area contributed by atoms with Gasteiger partial charge in [0.15, 0.2) is 0 Å². The molecule has 1 aromatic rings. The van der Waals surface area contributed by atoms with Gasteiger partial charge in [-0.25, -0.2) is 0 Å². The first-order valence-electron chi connectivity index (χ1n) is 6.83. The van der Waals surface area contributed by atoms with Gasteiger partial charge in [0.05, 0.1) is 25.0 Å². The Morgan fingerprint density at radius 3 is 2.95 bits per heavy atom. The first-order valence-corrected chi connectivity index (χ1v) is 8.87. The molecule has 0 saturated carbocycles. The summed E-state index contributed by atoms with van der Waals surface area (Å²) in [7, 11) is 0. The molecule has 0 spiro atoms. The second-order valence-electron chi connectivity index (χ2n) is 4.80. The van der Waals surface area contributed by atoms with E-state index in [2.05, 4.69) is 0 Å². The predicted molar refractivity (Wildman–Crippen MR) is 83.6 cm³/mol. The maximum absolute atomic E-state index is 12.3. The van der Waals surface area contributed by atoms with Crippen LogP contribution in [-0.4, -0.2) is 53.4 Å². The molecule has 0 bridgehead atoms. The highest BCUT2D eigenvalue weighted by atomic mass is 32.2. The molecule has 2 rings (SSSR count). The summed E-state index contributed by atoms with van der Waals surface area (Å²) < 4.78 is 5.25. The molecule has 2 heterocycles. The van der Waals surface area contributed by atoms with Gasteiger partial charge in [-0.2, -0.15) is 0 Å². The van der Waals surface area contributed by atoms with Gasteiger partial charge in [-0.15, -0.1) is 23.1 Å². The highest BCUT2D eigenvalue weighted by Gasteiger charge is 2.39. The number of nitrogens with zero attached hydrogens (tertiary/aromatic N) is 1. The third kappa shape index (κ3) is 4.21. The summed E-state index contributed by atoms with van der Waals surface area (Å²) in [5.74, 6) is -0.342. The Morgan fingerprint density at radius 1 is 1.52 bits per heavy atom. The van der Waals surface area contributed by atoms with Crippen LogP contribution in [0.15, 0.2) is 17.5 Å². The van der Waals surface area contributed by atoms with Crippen LogP contribution in [0.1, 0.15) is 11.8 Å². The van der Waals surface area contributed by atoms with Crippen LogP contribution in [0.3, 0.4) is 0 Å². The minimum absolute atomic E-state index is 0.0131. The van der Waals surface area contributed by atoms with Gasteiger partial charge in [0.2, 0.25) is 5.91 Å². The summed E-state index contributed by atoms with van der Waals surface area (Å²) in [6.07, 6.45) is 0. The monoisotopic (exact) mass is 329 g/mol. The fourth-order valence-corrected chi connectivity index (χ4v) is 4.15. The maximum atomic E-state index is 12.3. The Labute approximate surface area is 132 Å². The molecule has 5 nitrogen and oxygen atoms in total. The number of aliphatic carboxylic acids is 1. The second kappa shape index (κ2) is 7.82. The van der Waals surface area contributed by atoms with E-state index >= 15 is 0 Å². The predicted octanol–water partition coefficient (Wildman–Crippen LogP) is 1.93. The van der Waals surface area contributed by atoms with E-state index in [4.69, 9.17) is 4.74 Å². The van der Waals surface area contributed by atoms with Crippen LogP contribution in [0.2, 0.25) is 0 Å². The minimum atomic E-state index is -0.894. The number of amides is 1. The van der Waals surface area contributed by atoms with Crippen molar-refractivity contribution in [2.45, 2.75) is 18.7 Å². The SMILES string of the molecule is CCN(C(=O)CSCc1cccs1)C1COCC1C(=O)O. The van der Waals surface area contributed by atoms with Gasteiger partial charge in [-0.1, -0.05) is 6.07 Å². The lowest BCUT2D eigenvalue weighted by atomic mass is 10.0. The Bertz CT molecular complexity index is 477. The van der Waals surface area contributed by atoms with Crippen LogP contribution in [0.25, 0.3) is 0 Å². The maximum Gasteiger partial charge on any atom is 0.311 e. The Hall–Kier alpha value is -1.05. The molecule has 0 aliphatic carbocycles. The quantitative estimate of drug-likeness (QED) is 0.828. The Morgan fingerprint density at radius 2 is 2.33 bits per heavy atom. The van der Waals surface area contributed by atoms with Crippen LogP contribution in [0.5, 0.6) is 0 Å². The van der Waals surface area contributed by atoms with Crippen molar-refractivity contribution in [2.24, 2.45) is 5.92 Å². The molecule has 2 atom stereocenters. The van der Waals surface area contributed by atoms with Crippen molar-refractivity contribution < 1.29 is 19.4 Å². The molecule has 1 amide bonds. The number of carbonyl (C=O) groups excluding carboxylic acids is 1. The number of thioether (sulfide) groups is 1. The van der Waals surface area contributed by atoms with Gasteiger partial charge < -0.3 is 14.7 Å². The lowest BCUT2D eigenvalue weighted by molar-refractivity contribution is -0.144. The van der Waals surface area contributed by atoms with Gasteiger partial charge in [-0.05, 0) is 18.4 Å². The largest absolute Gasteiger partial charge is 0.481 e. The molecular formula is C14H19NO4S2.